The van der Waals surface area contributed by atoms with Gasteiger partial charge in [-0.2, -0.15) is 11.8 Å². The van der Waals surface area contributed by atoms with Crippen LogP contribution in [0.15, 0.2) is 53.8 Å². The number of hydrogen-bond acceptors (Lipinski definition) is 7. The van der Waals surface area contributed by atoms with Crippen LogP contribution in [0.25, 0.3) is 0 Å². The molecule has 0 saturated carbocycles. The first-order valence-corrected chi connectivity index (χ1v) is 9.85. The van der Waals surface area contributed by atoms with E-state index in [0.29, 0.717) is 11.4 Å². The lowest BCUT2D eigenvalue weighted by Crippen LogP contribution is -2.45. The van der Waals surface area contributed by atoms with Gasteiger partial charge in [-0.25, -0.2) is 4.79 Å². The summed E-state index contributed by atoms with van der Waals surface area (Å²) in [6.07, 6.45) is 3.63. The molecule has 1 aromatic carbocycles. The smallest absolute Gasteiger partial charge is 0.357 e. The number of rotatable bonds is 7. The Labute approximate surface area is 165 Å². The normalized spacial score (nSPS) is 14.8. The summed E-state index contributed by atoms with van der Waals surface area (Å²) in [7, 11) is 0. The molecule has 1 aliphatic heterocycles. The number of benzene rings is 1. The van der Waals surface area contributed by atoms with Crippen LogP contribution in [0.3, 0.4) is 0 Å². The van der Waals surface area contributed by atoms with Crippen LogP contribution >= 0.6 is 11.8 Å². The van der Waals surface area contributed by atoms with Crippen molar-refractivity contribution in [2.45, 2.75) is 12.5 Å². The number of nitrogens with two attached hydrogens (primary N) is 1. The van der Waals surface area contributed by atoms with Crippen molar-refractivity contribution in [2.75, 3.05) is 12.0 Å². The predicted molar refractivity (Wildman–Crippen MR) is 105 cm³/mol. The fourth-order valence-electron chi connectivity index (χ4n) is 2.79. The number of pyridine rings is 1. The number of thioether (sulfide) groups is 1. The van der Waals surface area contributed by atoms with E-state index in [1.54, 1.807) is 42.5 Å². The van der Waals surface area contributed by atoms with Crippen molar-refractivity contribution in [3.63, 3.8) is 0 Å². The Kier molecular flexibility index (Phi) is 6.05. The summed E-state index contributed by atoms with van der Waals surface area (Å²) in [6, 6.07) is 10.4. The minimum Gasteiger partial charge on any atom is -0.379 e. The van der Waals surface area contributed by atoms with E-state index in [9.17, 15) is 14.4 Å². The van der Waals surface area contributed by atoms with Crippen molar-refractivity contribution in [1.29, 1.82) is 0 Å². The Balaban J connectivity index is 1.82. The third kappa shape index (κ3) is 3.89. The second-order valence-corrected chi connectivity index (χ2v) is 6.91. The largest absolute Gasteiger partial charge is 0.379 e. The maximum Gasteiger partial charge on any atom is 0.357 e. The number of oxime groups is 1. The number of carbonyl (C=O) groups is 3. The van der Waals surface area contributed by atoms with Gasteiger partial charge in [-0.1, -0.05) is 23.4 Å². The third-order valence-electron chi connectivity index (χ3n) is 4.17. The lowest BCUT2D eigenvalue weighted by Gasteiger charge is -2.23. The molecule has 0 bridgehead atoms. The fraction of sp³-hybridized carbons (Fsp3) is 0.211. The molecule has 28 heavy (non-hydrogen) atoms. The third-order valence-corrected chi connectivity index (χ3v) is 4.81. The van der Waals surface area contributed by atoms with E-state index in [0.717, 1.165) is 4.90 Å². The highest BCUT2D eigenvalue weighted by atomic mass is 32.2. The molecule has 2 amide bonds. The SMILES string of the molecule is CSCC[C@@H](C(=O)O/N=C(/N)c1ccccn1)N1C(=O)c2ccccc2C1=O. The monoisotopic (exact) mass is 398 g/mol. The Hall–Kier alpha value is -3.20. The summed E-state index contributed by atoms with van der Waals surface area (Å²) in [4.78, 5) is 47.9. The first kappa shape index (κ1) is 19.6. The summed E-state index contributed by atoms with van der Waals surface area (Å²) < 4.78 is 0. The zero-order chi connectivity index (χ0) is 20.1. The molecule has 0 saturated heterocycles. The topological polar surface area (TPSA) is 115 Å². The van der Waals surface area contributed by atoms with Gasteiger partial charge in [0.05, 0.1) is 11.1 Å². The van der Waals surface area contributed by atoms with Crippen LogP contribution in [-0.4, -0.2) is 51.6 Å². The molecule has 3 rings (SSSR count). The van der Waals surface area contributed by atoms with Crippen molar-refractivity contribution in [3.8, 4) is 0 Å². The first-order valence-electron chi connectivity index (χ1n) is 8.46. The summed E-state index contributed by atoms with van der Waals surface area (Å²) >= 11 is 1.49. The maximum absolute atomic E-state index is 12.7. The Morgan fingerprint density at radius 1 is 1.18 bits per heavy atom. The second kappa shape index (κ2) is 8.66. The number of fused-ring (bicyclic) bond motifs is 1. The van der Waals surface area contributed by atoms with Crippen LogP contribution in [0.4, 0.5) is 0 Å². The molecule has 1 aliphatic rings. The first-order chi connectivity index (χ1) is 13.5. The molecule has 144 valence electrons. The van der Waals surface area contributed by atoms with E-state index >= 15 is 0 Å². The second-order valence-electron chi connectivity index (χ2n) is 5.92. The number of amidine groups is 1. The molecule has 1 aromatic heterocycles. The van der Waals surface area contributed by atoms with Gasteiger partial charge < -0.3 is 10.6 Å². The van der Waals surface area contributed by atoms with Crippen LogP contribution in [0.5, 0.6) is 0 Å². The molecule has 0 aliphatic carbocycles. The number of nitrogens with zero attached hydrogens (tertiary/aromatic N) is 3. The van der Waals surface area contributed by atoms with Gasteiger partial charge in [-0.15, -0.1) is 0 Å². The average molecular weight is 398 g/mol. The molecule has 2 N–H and O–H groups in total. The summed E-state index contributed by atoms with van der Waals surface area (Å²) in [6.45, 7) is 0. The van der Waals surface area contributed by atoms with Crippen LogP contribution < -0.4 is 5.73 Å². The number of aromatic nitrogens is 1. The van der Waals surface area contributed by atoms with Crippen LogP contribution in [0.2, 0.25) is 0 Å². The molecule has 0 spiro atoms. The van der Waals surface area contributed by atoms with Crippen molar-refractivity contribution >= 4 is 35.4 Å². The van der Waals surface area contributed by atoms with Crippen molar-refractivity contribution in [2.24, 2.45) is 10.9 Å². The van der Waals surface area contributed by atoms with Gasteiger partial charge in [-0.3, -0.25) is 19.5 Å². The summed E-state index contributed by atoms with van der Waals surface area (Å²) in [5.41, 5.74) is 6.66. The molecule has 2 heterocycles. The maximum atomic E-state index is 12.7. The molecule has 1 atom stereocenters. The minimum absolute atomic E-state index is 0.0834. The highest BCUT2D eigenvalue weighted by molar-refractivity contribution is 7.98. The molecule has 0 unspecified atom stereocenters. The van der Waals surface area contributed by atoms with E-state index in [2.05, 4.69) is 10.1 Å². The van der Waals surface area contributed by atoms with E-state index in [1.165, 1.54) is 18.0 Å². The molecule has 2 aromatic rings. The summed E-state index contributed by atoms with van der Waals surface area (Å²) in [5.74, 6) is -1.41. The Bertz CT molecular complexity index is 898. The lowest BCUT2D eigenvalue weighted by atomic mass is 10.1. The molecule has 9 heteroatoms. The van der Waals surface area contributed by atoms with Gasteiger partial charge in [0.2, 0.25) is 0 Å². The molecule has 0 fully saturated rings. The van der Waals surface area contributed by atoms with Gasteiger partial charge in [0.1, 0.15) is 11.7 Å². The Morgan fingerprint density at radius 3 is 2.39 bits per heavy atom. The highest BCUT2D eigenvalue weighted by Crippen LogP contribution is 2.26. The van der Waals surface area contributed by atoms with E-state index in [4.69, 9.17) is 10.6 Å². The van der Waals surface area contributed by atoms with Gasteiger partial charge in [0, 0.05) is 6.20 Å². The molecule has 8 nitrogen and oxygen atoms in total. The highest BCUT2D eigenvalue weighted by Gasteiger charge is 2.43. The summed E-state index contributed by atoms with van der Waals surface area (Å²) in [5, 5.41) is 3.62. The van der Waals surface area contributed by atoms with Gasteiger partial charge in [0.15, 0.2) is 5.84 Å². The fourth-order valence-corrected chi connectivity index (χ4v) is 3.25. The number of imide groups is 1. The van der Waals surface area contributed by atoms with Gasteiger partial charge >= 0.3 is 5.97 Å². The van der Waals surface area contributed by atoms with Crippen molar-refractivity contribution < 1.29 is 19.2 Å². The zero-order valence-corrected chi connectivity index (χ0v) is 15.9. The standard InChI is InChI=1S/C19H18N4O4S/c1-28-11-9-15(19(26)27-22-16(20)14-8-4-5-10-21-14)23-17(24)12-6-2-3-7-13(12)18(23)25/h2-8,10,15H,9,11H2,1H3,(H2,20,22)/t15-/m0/s1. The molecule has 0 radical (unpaired) electrons. The average Bonchev–Trinajstić information content (AvgIpc) is 2.98. The number of carbonyl (C=O) groups excluding carboxylic acids is 3. The van der Waals surface area contributed by atoms with Gasteiger partial charge in [-0.05, 0) is 42.7 Å². The van der Waals surface area contributed by atoms with E-state index in [-0.39, 0.29) is 23.4 Å². The van der Waals surface area contributed by atoms with E-state index < -0.39 is 23.8 Å². The zero-order valence-electron chi connectivity index (χ0n) is 15.1. The van der Waals surface area contributed by atoms with Crippen molar-refractivity contribution in [1.82, 2.24) is 9.88 Å². The minimum atomic E-state index is -1.10. The lowest BCUT2D eigenvalue weighted by molar-refractivity contribution is -0.148. The molecular formula is C19H18N4O4S. The molecular weight excluding hydrogens is 380 g/mol. The van der Waals surface area contributed by atoms with Crippen LogP contribution in [-0.2, 0) is 9.63 Å². The quantitative estimate of drug-likeness (QED) is 0.248. The van der Waals surface area contributed by atoms with Crippen molar-refractivity contribution in [3.05, 3.63) is 65.5 Å². The van der Waals surface area contributed by atoms with Gasteiger partial charge in [0.25, 0.3) is 11.8 Å². The van der Waals surface area contributed by atoms with Crippen LogP contribution in [0.1, 0.15) is 32.8 Å². The number of hydrogen-bond donors (Lipinski definition) is 1. The van der Waals surface area contributed by atoms with Crippen LogP contribution in [0, 0.1) is 0 Å². The Morgan fingerprint density at radius 2 is 1.82 bits per heavy atom. The number of amides is 2. The van der Waals surface area contributed by atoms with E-state index in [1.807, 2.05) is 6.26 Å². The predicted octanol–water partition coefficient (Wildman–Crippen LogP) is 1.66.